The van der Waals surface area contributed by atoms with Crippen molar-refractivity contribution in [1.29, 1.82) is 0 Å². The quantitative estimate of drug-likeness (QED) is 0.747. The Kier molecular flexibility index (Phi) is 5.77. The van der Waals surface area contributed by atoms with Crippen LogP contribution in [0.1, 0.15) is 18.1 Å². The largest absolute Gasteiger partial charge is 0.450 e. The van der Waals surface area contributed by atoms with E-state index in [0.717, 1.165) is 17.0 Å². The molecule has 1 aliphatic heterocycles. The van der Waals surface area contributed by atoms with Gasteiger partial charge in [-0.1, -0.05) is 42.5 Å². The van der Waals surface area contributed by atoms with E-state index < -0.39 is 29.7 Å². The highest BCUT2D eigenvalue weighted by atomic mass is 19.4. The van der Waals surface area contributed by atoms with E-state index in [4.69, 9.17) is 0 Å². The molecule has 158 valence electrons. The van der Waals surface area contributed by atoms with Gasteiger partial charge < -0.3 is 4.74 Å². The van der Waals surface area contributed by atoms with Gasteiger partial charge >= 0.3 is 17.9 Å². The van der Waals surface area contributed by atoms with Crippen LogP contribution in [0.4, 0.5) is 22.4 Å². The molecule has 1 aliphatic rings. The zero-order valence-electron chi connectivity index (χ0n) is 15.7. The average molecular weight is 423 g/mol. The summed E-state index contributed by atoms with van der Waals surface area (Å²) >= 11 is 0. The number of amidine groups is 1. The molecule has 1 N–H and O–H groups in total. The molecule has 0 spiro atoms. The van der Waals surface area contributed by atoms with Crippen molar-refractivity contribution in [3.8, 4) is 0 Å². The number of carbonyl (C=O) groups excluding carboxylic acids is 2. The van der Waals surface area contributed by atoms with E-state index in [9.17, 15) is 27.2 Å². The number of amides is 2. The average Bonchev–Trinajstić information content (AvgIpc) is 2.97. The number of nitrogens with zero attached hydrogens (tertiary/aromatic N) is 2. The number of aliphatic imine (C=N–C) groups is 1. The number of carbonyl (C=O) groups is 2. The van der Waals surface area contributed by atoms with E-state index in [2.05, 4.69) is 9.73 Å². The maximum absolute atomic E-state index is 14.0. The minimum absolute atomic E-state index is 0.192. The Bertz CT molecular complexity index is 962. The van der Waals surface area contributed by atoms with Gasteiger partial charge in [-0.3, -0.25) is 15.0 Å². The SMILES string of the molecule is CCOC(=O)N[C@]1(C(F)(F)F)N=C(c2ccccc2)N(Cc2ccc(F)cc2)C1=O. The number of benzene rings is 2. The third-order valence-corrected chi connectivity index (χ3v) is 4.34. The minimum atomic E-state index is -5.24. The van der Waals surface area contributed by atoms with Crippen LogP contribution in [-0.2, 0) is 16.1 Å². The monoisotopic (exact) mass is 423 g/mol. The van der Waals surface area contributed by atoms with Crippen molar-refractivity contribution in [1.82, 2.24) is 10.2 Å². The molecular formula is C20H17F4N3O3. The summed E-state index contributed by atoms with van der Waals surface area (Å²) in [6.45, 7) is 0.910. The van der Waals surface area contributed by atoms with Gasteiger partial charge in [-0.2, -0.15) is 13.2 Å². The smallest absolute Gasteiger partial charge is 0.442 e. The van der Waals surface area contributed by atoms with E-state index in [1.807, 2.05) is 0 Å². The van der Waals surface area contributed by atoms with Crippen LogP contribution >= 0.6 is 0 Å². The molecule has 0 aliphatic carbocycles. The van der Waals surface area contributed by atoms with E-state index in [0.29, 0.717) is 5.56 Å². The van der Waals surface area contributed by atoms with Crippen molar-refractivity contribution in [3.05, 3.63) is 71.5 Å². The van der Waals surface area contributed by atoms with Gasteiger partial charge in [0.1, 0.15) is 11.7 Å². The summed E-state index contributed by atoms with van der Waals surface area (Å²) in [7, 11) is 0. The number of hydrogen-bond donors (Lipinski definition) is 1. The maximum atomic E-state index is 14.0. The number of alkyl halides is 3. The van der Waals surface area contributed by atoms with E-state index in [1.165, 1.54) is 31.2 Å². The van der Waals surface area contributed by atoms with Crippen LogP contribution in [0.25, 0.3) is 0 Å². The van der Waals surface area contributed by atoms with Gasteiger partial charge in [-0.05, 0) is 24.6 Å². The van der Waals surface area contributed by atoms with Crippen LogP contribution in [0.3, 0.4) is 0 Å². The third kappa shape index (κ3) is 3.98. The second kappa shape index (κ2) is 8.13. The number of hydrogen-bond acceptors (Lipinski definition) is 4. The van der Waals surface area contributed by atoms with Crippen molar-refractivity contribution in [2.45, 2.75) is 25.3 Å². The summed E-state index contributed by atoms with van der Waals surface area (Å²) < 4.78 is 59.9. The molecule has 0 fully saturated rings. The number of nitrogens with one attached hydrogen (secondary N) is 1. The summed E-state index contributed by atoms with van der Waals surface area (Å²) in [5.41, 5.74) is -2.92. The highest BCUT2D eigenvalue weighted by molar-refractivity contribution is 6.16. The summed E-state index contributed by atoms with van der Waals surface area (Å²) in [4.78, 5) is 29.3. The number of ether oxygens (including phenoxy) is 1. The molecule has 0 radical (unpaired) electrons. The molecule has 2 aromatic rings. The lowest BCUT2D eigenvalue weighted by Gasteiger charge is -2.28. The van der Waals surface area contributed by atoms with Crippen molar-refractivity contribution in [2.24, 2.45) is 4.99 Å². The third-order valence-electron chi connectivity index (χ3n) is 4.34. The number of alkyl carbamates (subject to hydrolysis) is 1. The summed E-state index contributed by atoms with van der Waals surface area (Å²) in [5.74, 6) is -2.30. The Balaban J connectivity index is 2.09. The lowest BCUT2D eigenvalue weighted by atomic mass is 10.1. The zero-order chi connectivity index (χ0) is 21.9. The van der Waals surface area contributed by atoms with Crippen molar-refractivity contribution >= 4 is 17.8 Å². The fourth-order valence-electron chi connectivity index (χ4n) is 2.94. The molecule has 1 atom stereocenters. The first-order valence-corrected chi connectivity index (χ1v) is 8.91. The first-order chi connectivity index (χ1) is 14.2. The first kappa shape index (κ1) is 21.3. The van der Waals surface area contributed by atoms with Crippen LogP contribution < -0.4 is 5.32 Å². The number of rotatable bonds is 5. The van der Waals surface area contributed by atoms with E-state index in [1.54, 1.807) is 23.5 Å². The molecule has 30 heavy (non-hydrogen) atoms. The van der Waals surface area contributed by atoms with Crippen molar-refractivity contribution in [2.75, 3.05) is 6.61 Å². The van der Waals surface area contributed by atoms with Gasteiger partial charge in [-0.25, -0.2) is 14.2 Å². The molecule has 0 bridgehead atoms. The second-order valence-corrected chi connectivity index (χ2v) is 6.37. The van der Waals surface area contributed by atoms with Gasteiger partial charge in [0.15, 0.2) is 0 Å². The Morgan fingerprint density at radius 1 is 1.13 bits per heavy atom. The molecule has 2 aromatic carbocycles. The molecule has 3 rings (SSSR count). The van der Waals surface area contributed by atoms with E-state index in [-0.39, 0.29) is 24.6 Å². The summed E-state index contributed by atoms with van der Waals surface area (Å²) in [6, 6.07) is 12.7. The molecule has 1 heterocycles. The van der Waals surface area contributed by atoms with Crippen LogP contribution in [0.5, 0.6) is 0 Å². The zero-order valence-corrected chi connectivity index (χ0v) is 15.7. The predicted molar refractivity (Wildman–Crippen MR) is 98.9 cm³/mol. The Hall–Kier alpha value is -3.43. The lowest BCUT2D eigenvalue weighted by molar-refractivity contribution is -0.197. The highest BCUT2D eigenvalue weighted by Gasteiger charge is 2.67. The molecule has 0 saturated heterocycles. The van der Waals surface area contributed by atoms with Crippen LogP contribution in [0, 0.1) is 5.82 Å². The van der Waals surface area contributed by atoms with Gasteiger partial charge in [0.05, 0.1) is 13.2 Å². The molecule has 10 heteroatoms. The van der Waals surface area contributed by atoms with Gasteiger partial charge in [0.25, 0.3) is 5.91 Å². The minimum Gasteiger partial charge on any atom is -0.450 e. The molecule has 0 saturated carbocycles. The number of halogens is 4. The predicted octanol–water partition coefficient (Wildman–Crippen LogP) is 3.62. The second-order valence-electron chi connectivity index (χ2n) is 6.37. The standard InChI is InChI=1S/C20H17F4N3O3/c1-2-30-18(29)26-19(20(22,23)24)17(28)27(12-13-8-10-15(21)11-9-13)16(25-19)14-6-4-3-5-7-14/h3-11H,2,12H2,1H3,(H,26,29)/t19-/m1/s1. The summed E-state index contributed by atoms with van der Waals surface area (Å²) in [6.07, 6.45) is -6.67. The molecular weight excluding hydrogens is 406 g/mol. The lowest BCUT2D eigenvalue weighted by Crippen LogP contribution is -2.63. The van der Waals surface area contributed by atoms with Gasteiger partial charge in [-0.15, -0.1) is 0 Å². The topological polar surface area (TPSA) is 71.0 Å². The van der Waals surface area contributed by atoms with E-state index >= 15 is 0 Å². The first-order valence-electron chi connectivity index (χ1n) is 8.91. The molecule has 0 aromatic heterocycles. The molecule has 2 amide bonds. The van der Waals surface area contributed by atoms with Crippen molar-refractivity contribution in [3.63, 3.8) is 0 Å². The van der Waals surface area contributed by atoms with Gasteiger partial charge in [0, 0.05) is 5.56 Å². The van der Waals surface area contributed by atoms with Crippen LogP contribution in [0.2, 0.25) is 0 Å². The fraction of sp³-hybridized carbons (Fsp3) is 0.250. The normalized spacial score (nSPS) is 18.9. The summed E-state index contributed by atoms with van der Waals surface area (Å²) in [5, 5.41) is 1.58. The van der Waals surface area contributed by atoms with Crippen molar-refractivity contribution < 1.29 is 31.9 Å². The Morgan fingerprint density at radius 3 is 2.33 bits per heavy atom. The molecule has 6 nitrogen and oxygen atoms in total. The molecule has 0 unspecified atom stereocenters. The van der Waals surface area contributed by atoms with Gasteiger partial charge in [0.2, 0.25) is 0 Å². The maximum Gasteiger partial charge on any atom is 0.442 e. The van der Waals surface area contributed by atoms with Crippen LogP contribution in [0.15, 0.2) is 59.6 Å². The highest BCUT2D eigenvalue weighted by Crippen LogP contribution is 2.39. The Labute approximate surface area is 169 Å². The Morgan fingerprint density at radius 2 is 1.77 bits per heavy atom. The fourth-order valence-corrected chi connectivity index (χ4v) is 2.94. The van der Waals surface area contributed by atoms with Crippen LogP contribution in [-0.4, -0.2) is 41.2 Å².